The fourth-order valence-corrected chi connectivity index (χ4v) is 3.06. The molecule has 136 valence electrons. The van der Waals surface area contributed by atoms with E-state index >= 15 is 0 Å². The van der Waals surface area contributed by atoms with Gasteiger partial charge in [-0.3, -0.25) is 9.59 Å². The summed E-state index contributed by atoms with van der Waals surface area (Å²) in [4.78, 5) is 25.2. The van der Waals surface area contributed by atoms with Crippen molar-refractivity contribution in [1.82, 2.24) is 4.57 Å². The molecular formula is C16H18F3N3O2S. The van der Waals surface area contributed by atoms with Gasteiger partial charge in [0.2, 0.25) is 5.91 Å². The Morgan fingerprint density at radius 3 is 2.52 bits per heavy atom. The number of hydrogen-bond donors (Lipinski definition) is 1. The van der Waals surface area contributed by atoms with E-state index in [-0.39, 0.29) is 23.5 Å². The number of aromatic nitrogens is 1. The maximum absolute atomic E-state index is 12.9. The van der Waals surface area contributed by atoms with E-state index in [4.69, 9.17) is 0 Å². The highest BCUT2D eigenvalue weighted by Crippen LogP contribution is 2.34. The van der Waals surface area contributed by atoms with Crippen molar-refractivity contribution >= 4 is 28.6 Å². The highest BCUT2D eigenvalue weighted by atomic mass is 32.1. The van der Waals surface area contributed by atoms with Crippen molar-refractivity contribution in [2.45, 2.75) is 26.1 Å². The molecule has 0 atom stereocenters. The van der Waals surface area contributed by atoms with Gasteiger partial charge in [-0.1, -0.05) is 11.3 Å². The zero-order chi connectivity index (χ0) is 18.8. The maximum atomic E-state index is 12.9. The summed E-state index contributed by atoms with van der Waals surface area (Å²) >= 11 is 1.04. The van der Waals surface area contributed by atoms with E-state index in [2.05, 4.69) is 5.32 Å². The molecule has 25 heavy (non-hydrogen) atoms. The van der Waals surface area contributed by atoms with Gasteiger partial charge in [0, 0.05) is 38.1 Å². The fraction of sp³-hybridized carbons (Fsp3) is 0.375. The molecule has 1 amide bonds. The second-order valence-corrected chi connectivity index (χ2v) is 6.54. The van der Waals surface area contributed by atoms with E-state index in [0.717, 1.165) is 29.2 Å². The van der Waals surface area contributed by atoms with Crippen LogP contribution in [0.25, 0.3) is 0 Å². The van der Waals surface area contributed by atoms with Crippen LogP contribution in [0.1, 0.15) is 17.7 Å². The summed E-state index contributed by atoms with van der Waals surface area (Å²) in [7, 11) is 3.35. The first-order valence-corrected chi connectivity index (χ1v) is 8.31. The number of alkyl halides is 3. The molecule has 0 saturated heterocycles. The third-order valence-electron chi connectivity index (χ3n) is 3.62. The van der Waals surface area contributed by atoms with Crippen LogP contribution in [0.3, 0.4) is 0 Å². The first-order valence-electron chi connectivity index (χ1n) is 7.43. The Balaban J connectivity index is 2.17. The molecule has 2 rings (SSSR count). The summed E-state index contributed by atoms with van der Waals surface area (Å²) in [5.41, 5.74) is 0.457. The Labute approximate surface area is 146 Å². The first-order chi connectivity index (χ1) is 11.6. The van der Waals surface area contributed by atoms with Crippen molar-refractivity contribution in [3.8, 4) is 0 Å². The number of anilines is 2. The molecule has 0 spiro atoms. The minimum atomic E-state index is -4.49. The van der Waals surface area contributed by atoms with Crippen LogP contribution in [0.4, 0.5) is 24.5 Å². The Morgan fingerprint density at radius 1 is 1.32 bits per heavy atom. The van der Waals surface area contributed by atoms with Crippen molar-refractivity contribution in [3.05, 3.63) is 44.5 Å². The average molecular weight is 373 g/mol. The van der Waals surface area contributed by atoms with Crippen LogP contribution in [-0.2, 0) is 17.5 Å². The normalized spacial score (nSPS) is 11.4. The molecule has 0 aliphatic carbocycles. The van der Waals surface area contributed by atoms with Crippen LogP contribution in [-0.4, -0.2) is 24.6 Å². The number of thiazole rings is 1. The number of rotatable bonds is 5. The van der Waals surface area contributed by atoms with Crippen molar-refractivity contribution in [3.63, 3.8) is 0 Å². The molecule has 1 N–H and O–H groups in total. The second kappa shape index (κ2) is 7.30. The Hall–Kier alpha value is -2.29. The minimum Gasteiger partial charge on any atom is -0.376 e. The molecule has 0 radical (unpaired) electrons. The summed E-state index contributed by atoms with van der Waals surface area (Å²) in [6.07, 6.45) is -4.51. The fourth-order valence-electron chi connectivity index (χ4n) is 2.30. The van der Waals surface area contributed by atoms with Gasteiger partial charge in [-0.05, 0) is 25.1 Å². The van der Waals surface area contributed by atoms with E-state index in [1.165, 1.54) is 10.6 Å². The summed E-state index contributed by atoms with van der Waals surface area (Å²) in [5.74, 6) is -0.458. The topological polar surface area (TPSA) is 54.3 Å². The molecule has 0 unspecified atom stereocenters. The van der Waals surface area contributed by atoms with Gasteiger partial charge in [-0.2, -0.15) is 13.2 Å². The number of aryl methyl sites for hydroxylation is 1. The van der Waals surface area contributed by atoms with Gasteiger partial charge in [-0.25, -0.2) is 0 Å². The monoisotopic (exact) mass is 373 g/mol. The quantitative estimate of drug-likeness (QED) is 0.875. The largest absolute Gasteiger partial charge is 0.416 e. The van der Waals surface area contributed by atoms with Crippen molar-refractivity contribution < 1.29 is 18.0 Å². The Kier molecular flexibility index (Phi) is 5.56. The number of nitrogens with one attached hydrogen (secondary N) is 1. The van der Waals surface area contributed by atoms with Crippen molar-refractivity contribution in [2.24, 2.45) is 0 Å². The molecule has 1 aromatic heterocycles. The molecule has 0 saturated carbocycles. The smallest absolute Gasteiger partial charge is 0.376 e. The molecule has 0 fully saturated rings. The van der Waals surface area contributed by atoms with Crippen LogP contribution in [0.15, 0.2) is 28.4 Å². The summed E-state index contributed by atoms with van der Waals surface area (Å²) in [6, 6.07) is 3.19. The number of nitrogens with zero attached hydrogens (tertiary/aromatic N) is 2. The van der Waals surface area contributed by atoms with Gasteiger partial charge in [-0.15, -0.1) is 0 Å². The van der Waals surface area contributed by atoms with Crippen LogP contribution < -0.4 is 15.1 Å². The summed E-state index contributed by atoms with van der Waals surface area (Å²) < 4.78 is 40.2. The highest BCUT2D eigenvalue weighted by Gasteiger charge is 2.31. The number of benzene rings is 1. The van der Waals surface area contributed by atoms with Crippen molar-refractivity contribution in [2.75, 3.05) is 24.3 Å². The minimum absolute atomic E-state index is 0.0133. The van der Waals surface area contributed by atoms with E-state index in [1.54, 1.807) is 31.3 Å². The average Bonchev–Trinajstić information content (AvgIpc) is 2.82. The van der Waals surface area contributed by atoms with Crippen molar-refractivity contribution in [1.29, 1.82) is 0 Å². The predicted molar refractivity (Wildman–Crippen MR) is 92.3 cm³/mol. The second-order valence-electron chi connectivity index (χ2n) is 5.72. The van der Waals surface area contributed by atoms with E-state index in [1.807, 2.05) is 0 Å². The predicted octanol–water partition coefficient (Wildman–Crippen LogP) is 3.33. The summed E-state index contributed by atoms with van der Waals surface area (Å²) in [5, 5.41) is 4.20. The lowest BCUT2D eigenvalue weighted by molar-refractivity contribution is -0.137. The van der Waals surface area contributed by atoms with Gasteiger partial charge in [0.25, 0.3) is 0 Å². The number of hydrogen-bond acceptors (Lipinski definition) is 4. The molecule has 0 bridgehead atoms. The zero-order valence-corrected chi connectivity index (χ0v) is 14.8. The molecule has 0 aliphatic heterocycles. The Morgan fingerprint density at radius 2 is 2.00 bits per heavy atom. The number of amides is 1. The van der Waals surface area contributed by atoms with E-state index < -0.39 is 17.6 Å². The number of carbonyl (C=O) groups is 1. The molecule has 0 aliphatic rings. The molecule has 1 aromatic carbocycles. The summed E-state index contributed by atoms with van der Waals surface area (Å²) in [6.45, 7) is 1.93. The molecule has 2 aromatic rings. The lowest BCUT2D eigenvalue weighted by atomic mass is 10.1. The highest BCUT2D eigenvalue weighted by molar-refractivity contribution is 7.07. The van der Waals surface area contributed by atoms with Crippen LogP contribution in [0.2, 0.25) is 0 Å². The van der Waals surface area contributed by atoms with Crippen LogP contribution in [0.5, 0.6) is 0 Å². The zero-order valence-electron chi connectivity index (χ0n) is 14.0. The lowest BCUT2D eigenvalue weighted by Gasteiger charge is -2.20. The molecule has 1 heterocycles. The van der Waals surface area contributed by atoms with Gasteiger partial charge in [0.15, 0.2) is 0 Å². The number of carbonyl (C=O) groups excluding carboxylic acids is 1. The van der Waals surface area contributed by atoms with E-state index in [0.29, 0.717) is 5.69 Å². The number of halogens is 3. The van der Waals surface area contributed by atoms with Gasteiger partial charge in [0.1, 0.15) is 0 Å². The molecule has 5 nitrogen and oxygen atoms in total. The molecular weight excluding hydrogens is 355 g/mol. The Bertz CT molecular complexity index is 825. The van der Waals surface area contributed by atoms with Crippen LogP contribution >= 0.6 is 11.3 Å². The maximum Gasteiger partial charge on any atom is 0.416 e. The van der Waals surface area contributed by atoms with E-state index in [9.17, 15) is 22.8 Å². The van der Waals surface area contributed by atoms with Crippen LogP contribution in [0, 0.1) is 6.92 Å². The third kappa shape index (κ3) is 4.62. The SMILES string of the molecule is Cc1csc(=O)n1CCC(=O)Nc1cc(C(F)(F)F)ccc1N(C)C. The van der Waals surface area contributed by atoms with Gasteiger partial charge >= 0.3 is 11.0 Å². The lowest BCUT2D eigenvalue weighted by Crippen LogP contribution is -2.21. The molecule has 9 heteroatoms. The third-order valence-corrected chi connectivity index (χ3v) is 4.50. The van der Waals surface area contributed by atoms with Gasteiger partial charge in [0.05, 0.1) is 16.9 Å². The standard InChI is InChI=1S/C16H18F3N3O2S/c1-10-9-25-15(24)22(10)7-6-14(23)20-12-8-11(16(17,18)19)4-5-13(12)21(2)3/h4-5,8-9H,6-7H2,1-3H3,(H,20,23). The van der Waals surface area contributed by atoms with Gasteiger partial charge < -0.3 is 14.8 Å². The first kappa shape index (κ1) is 19.0.